The van der Waals surface area contributed by atoms with Crippen LogP contribution in [0.3, 0.4) is 0 Å². The molecule has 1 N–H and O–H groups in total. The molecule has 0 saturated carbocycles. The molecule has 4 heteroatoms. The Morgan fingerprint density at radius 1 is 1.19 bits per heavy atom. The van der Waals surface area contributed by atoms with Crippen molar-refractivity contribution in [3.05, 3.63) is 30.3 Å². The van der Waals surface area contributed by atoms with E-state index in [0.717, 1.165) is 39.4 Å². The number of nitrogens with zero attached hydrogens (tertiary/aromatic N) is 1. The highest BCUT2D eigenvalue weighted by molar-refractivity contribution is 7.97. The van der Waals surface area contributed by atoms with Gasteiger partial charge in [0.15, 0.2) is 0 Å². The van der Waals surface area contributed by atoms with Gasteiger partial charge in [0.2, 0.25) is 0 Å². The Labute approximate surface area is 101 Å². The van der Waals surface area contributed by atoms with Crippen LogP contribution in [0, 0.1) is 0 Å². The third-order valence-corrected chi connectivity index (χ3v) is 3.42. The van der Waals surface area contributed by atoms with Gasteiger partial charge in [-0.25, -0.2) is 0 Å². The van der Waals surface area contributed by atoms with Crippen molar-refractivity contribution in [2.24, 2.45) is 0 Å². The number of morpholine rings is 1. The van der Waals surface area contributed by atoms with E-state index in [9.17, 15) is 0 Å². The lowest BCUT2D eigenvalue weighted by Crippen LogP contribution is -2.39. The predicted octanol–water partition coefficient (Wildman–Crippen LogP) is 1.62. The topological polar surface area (TPSA) is 24.5 Å². The lowest BCUT2D eigenvalue weighted by molar-refractivity contribution is 0.0391. The van der Waals surface area contributed by atoms with Gasteiger partial charge in [-0.15, -0.1) is 0 Å². The largest absolute Gasteiger partial charge is 0.379 e. The SMILES string of the molecule is c1ccc(SNCCN2CCOCC2)cc1. The van der Waals surface area contributed by atoms with E-state index in [4.69, 9.17) is 4.74 Å². The molecule has 1 aromatic carbocycles. The minimum Gasteiger partial charge on any atom is -0.379 e. The molecule has 16 heavy (non-hydrogen) atoms. The normalized spacial score (nSPS) is 17.5. The Morgan fingerprint density at radius 3 is 2.69 bits per heavy atom. The van der Waals surface area contributed by atoms with E-state index in [-0.39, 0.29) is 0 Å². The van der Waals surface area contributed by atoms with E-state index in [1.54, 1.807) is 11.9 Å². The Kier molecular flexibility index (Phi) is 5.15. The first-order valence-electron chi connectivity index (χ1n) is 5.70. The van der Waals surface area contributed by atoms with Crippen LogP contribution in [0.25, 0.3) is 0 Å². The molecule has 0 aliphatic carbocycles. The van der Waals surface area contributed by atoms with Crippen LogP contribution in [-0.4, -0.2) is 44.3 Å². The summed E-state index contributed by atoms with van der Waals surface area (Å²) in [6.45, 7) is 6.01. The van der Waals surface area contributed by atoms with Crippen molar-refractivity contribution in [3.8, 4) is 0 Å². The molecule has 1 saturated heterocycles. The van der Waals surface area contributed by atoms with Gasteiger partial charge in [-0.05, 0) is 24.1 Å². The highest BCUT2D eigenvalue weighted by Gasteiger charge is 2.08. The molecule has 0 atom stereocenters. The van der Waals surface area contributed by atoms with Crippen molar-refractivity contribution in [2.75, 3.05) is 39.4 Å². The van der Waals surface area contributed by atoms with E-state index in [0.29, 0.717) is 0 Å². The molecule has 0 spiro atoms. The summed E-state index contributed by atoms with van der Waals surface area (Å²) in [6.07, 6.45) is 0. The summed E-state index contributed by atoms with van der Waals surface area (Å²) >= 11 is 1.70. The Balaban J connectivity index is 1.58. The van der Waals surface area contributed by atoms with Crippen molar-refractivity contribution < 1.29 is 4.74 Å². The molecule has 3 nitrogen and oxygen atoms in total. The third kappa shape index (κ3) is 4.14. The molecule has 0 bridgehead atoms. The predicted molar refractivity (Wildman–Crippen MR) is 67.6 cm³/mol. The van der Waals surface area contributed by atoms with Gasteiger partial charge in [-0.1, -0.05) is 18.2 Å². The maximum atomic E-state index is 5.31. The molecular formula is C12H18N2OS. The summed E-state index contributed by atoms with van der Waals surface area (Å²) in [5, 5.41) is 0. The molecule has 1 aliphatic rings. The second-order valence-electron chi connectivity index (χ2n) is 3.76. The second-order valence-corrected chi connectivity index (χ2v) is 4.73. The van der Waals surface area contributed by atoms with Crippen LogP contribution in [-0.2, 0) is 4.74 Å². The molecule has 1 aromatic rings. The minimum absolute atomic E-state index is 0.881. The molecule has 0 aromatic heterocycles. The standard InChI is InChI=1S/C12H18N2OS/c1-2-4-12(5-3-1)16-13-6-7-14-8-10-15-11-9-14/h1-5,13H,6-11H2. The fourth-order valence-electron chi connectivity index (χ4n) is 1.65. The van der Waals surface area contributed by atoms with Crippen LogP contribution >= 0.6 is 11.9 Å². The molecule has 0 amide bonds. The summed E-state index contributed by atoms with van der Waals surface area (Å²) < 4.78 is 8.69. The average molecular weight is 238 g/mol. The highest BCUT2D eigenvalue weighted by atomic mass is 32.2. The van der Waals surface area contributed by atoms with E-state index in [1.165, 1.54) is 4.90 Å². The summed E-state index contributed by atoms with van der Waals surface area (Å²) in [4.78, 5) is 3.70. The van der Waals surface area contributed by atoms with Gasteiger partial charge in [0.25, 0.3) is 0 Å². The van der Waals surface area contributed by atoms with E-state index in [2.05, 4.69) is 33.9 Å². The summed E-state index contributed by atoms with van der Waals surface area (Å²) in [5.41, 5.74) is 0. The van der Waals surface area contributed by atoms with Gasteiger partial charge in [0.05, 0.1) is 13.2 Å². The molecule has 2 rings (SSSR count). The summed E-state index contributed by atoms with van der Waals surface area (Å²) in [7, 11) is 0. The van der Waals surface area contributed by atoms with Crippen LogP contribution in [0.4, 0.5) is 0 Å². The molecule has 0 radical (unpaired) electrons. The zero-order valence-electron chi connectivity index (χ0n) is 9.39. The Morgan fingerprint density at radius 2 is 1.94 bits per heavy atom. The van der Waals surface area contributed by atoms with Crippen molar-refractivity contribution in [1.29, 1.82) is 0 Å². The number of hydrogen-bond donors (Lipinski definition) is 1. The maximum absolute atomic E-state index is 5.31. The number of benzene rings is 1. The van der Waals surface area contributed by atoms with Gasteiger partial charge >= 0.3 is 0 Å². The van der Waals surface area contributed by atoms with Gasteiger partial charge in [-0.2, -0.15) is 0 Å². The first-order valence-corrected chi connectivity index (χ1v) is 6.52. The average Bonchev–Trinajstić information content (AvgIpc) is 2.37. The highest BCUT2D eigenvalue weighted by Crippen LogP contribution is 2.12. The van der Waals surface area contributed by atoms with E-state index < -0.39 is 0 Å². The van der Waals surface area contributed by atoms with Crippen LogP contribution in [0.1, 0.15) is 0 Å². The van der Waals surface area contributed by atoms with Crippen LogP contribution in [0.15, 0.2) is 35.2 Å². The molecule has 1 aliphatic heterocycles. The Bertz CT molecular complexity index is 288. The first kappa shape index (κ1) is 11.9. The zero-order chi connectivity index (χ0) is 11.1. The summed E-state index contributed by atoms with van der Waals surface area (Å²) in [6, 6.07) is 10.4. The smallest absolute Gasteiger partial charge is 0.0594 e. The Hall–Kier alpha value is -0.550. The van der Waals surface area contributed by atoms with Crippen LogP contribution in [0.5, 0.6) is 0 Å². The third-order valence-electron chi connectivity index (χ3n) is 2.57. The van der Waals surface area contributed by atoms with E-state index in [1.807, 2.05) is 6.07 Å². The number of rotatable bonds is 5. The summed E-state index contributed by atoms with van der Waals surface area (Å²) in [5.74, 6) is 0. The van der Waals surface area contributed by atoms with Crippen molar-refractivity contribution in [1.82, 2.24) is 9.62 Å². The van der Waals surface area contributed by atoms with Crippen LogP contribution < -0.4 is 4.72 Å². The van der Waals surface area contributed by atoms with Gasteiger partial charge in [0.1, 0.15) is 0 Å². The second kappa shape index (κ2) is 6.91. The minimum atomic E-state index is 0.881. The number of nitrogens with one attached hydrogen (secondary N) is 1. The molecule has 1 fully saturated rings. The lowest BCUT2D eigenvalue weighted by atomic mass is 10.4. The van der Waals surface area contributed by atoms with Crippen molar-refractivity contribution in [3.63, 3.8) is 0 Å². The lowest BCUT2D eigenvalue weighted by Gasteiger charge is -2.26. The van der Waals surface area contributed by atoms with Crippen molar-refractivity contribution in [2.45, 2.75) is 4.90 Å². The molecule has 88 valence electrons. The molecule has 1 heterocycles. The fraction of sp³-hybridized carbons (Fsp3) is 0.500. The first-order chi connectivity index (χ1) is 7.95. The monoisotopic (exact) mass is 238 g/mol. The number of hydrogen-bond acceptors (Lipinski definition) is 4. The quantitative estimate of drug-likeness (QED) is 0.622. The molecule has 0 unspecified atom stereocenters. The van der Waals surface area contributed by atoms with Gasteiger partial charge in [-0.3, -0.25) is 9.62 Å². The fourth-order valence-corrected chi connectivity index (χ4v) is 2.30. The number of ether oxygens (including phenoxy) is 1. The zero-order valence-corrected chi connectivity index (χ0v) is 10.2. The van der Waals surface area contributed by atoms with Gasteiger partial charge in [0, 0.05) is 31.1 Å². The maximum Gasteiger partial charge on any atom is 0.0594 e. The van der Waals surface area contributed by atoms with Crippen LogP contribution in [0.2, 0.25) is 0 Å². The molecular weight excluding hydrogens is 220 g/mol. The van der Waals surface area contributed by atoms with E-state index >= 15 is 0 Å². The van der Waals surface area contributed by atoms with Gasteiger partial charge < -0.3 is 4.74 Å². The van der Waals surface area contributed by atoms with Crippen molar-refractivity contribution >= 4 is 11.9 Å².